The summed E-state index contributed by atoms with van der Waals surface area (Å²) in [5, 5.41) is 10.7. The number of aromatic hydroxyl groups is 1. The Morgan fingerprint density at radius 2 is 1.72 bits per heavy atom. The van der Waals surface area contributed by atoms with Gasteiger partial charge in [0.05, 0.1) is 0 Å². The summed E-state index contributed by atoms with van der Waals surface area (Å²) in [5.74, 6) is -0.0955. The molecule has 0 aliphatic heterocycles. The van der Waals surface area contributed by atoms with E-state index in [2.05, 4.69) is 14.2 Å². The van der Waals surface area contributed by atoms with Crippen LogP contribution in [0.15, 0.2) is 59.2 Å². The molecule has 0 aliphatic rings. The highest BCUT2D eigenvalue weighted by Crippen LogP contribution is 2.20. The van der Waals surface area contributed by atoms with Crippen molar-refractivity contribution < 1.29 is 9.90 Å². The van der Waals surface area contributed by atoms with Crippen molar-refractivity contribution in [2.45, 2.75) is 34.6 Å². The van der Waals surface area contributed by atoms with Crippen molar-refractivity contribution in [3.8, 4) is 5.75 Å². The number of hydrogen-bond donors (Lipinski definition) is 1. The van der Waals surface area contributed by atoms with E-state index in [1.807, 2.05) is 51.1 Å². The standard InChI is InChI=1S/C19H20NO2P.C2H6/c1-4-16(20-13(3)14-8-6-5-7-9-14)19(22)15-10-17(21)12(2)18(23)11-15;1-2/h4-11,21H,23H2,1-3H3;1-2H3/b16-4-,20-13?;. The van der Waals surface area contributed by atoms with E-state index in [1.165, 1.54) is 6.07 Å². The summed E-state index contributed by atoms with van der Waals surface area (Å²) >= 11 is 0. The summed E-state index contributed by atoms with van der Waals surface area (Å²) in [6.45, 7) is 9.46. The van der Waals surface area contributed by atoms with Crippen LogP contribution in [0.2, 0.25) is 0 Å². The van der Waals surface area contributed by atoms with Gasteiger partial charge in [-0.2, -0.15) is 0 Å². The van der Waals surface area contributed by atoms with E-state index in [0.29, 0.717) is 11.3 Å². The molecule has 25 heavy (non-hydrogen) atoms. The molecule has 2 aromatic rings. The van der Waals surface area contributed by atoms with E-state index in [9.17, 15) is 9.90 Å². The summed E-state index contributed by atoms with van der Waals surface area (Å²) in [7, 11) is 2.53. The highest BCUT2D eigenvalue weighted by Gasteiger charge is 2.14. The van der Waals surface area contributed by atoms with E-state index < -0.39 is 0 Å². The molecule has 0 spiro atoms. The maximum Gasteiger partial charge on any atom is 0.211 e. The van der Waals surface area contributed by atoms with E-state index in [4.69, 9.17) is 0 Å². The molecule has 1 N–H and O–H groups in total. The molecule has 2 rings (SSSR count). The van der Waals surface area contributed by atoms with E-state index >= 15 is 0 Å². The minimum absolute atomic E-state index is 0.111. The molecule has 0 amide bonds. The molecule has 2 aromatic carbocycles. The highest BCUT2D eigenvalue weighted by atomic mass is 31.0. The Kier molecular flexibility index (Phi) is 8.24. The van der Waals surface area contributed by atoms with Crippen LogP contribution in [0, 0.1) is 6.92 Å². The molecule has 4 heteroatoms. The summed E-state index contributed by atoms with van der Waals surface area (Å²) in [5.41, 5.74) is 3.28. The zero-order chi connectivity index (χ0) is 19.0. The number of phenolic OH excluding ortho intramolecular Hbond substituents is 1. The van der Waals surface area contributed by atoms with Gasteiger partial charge in [-0.25, -0.2) is 4.99 Å². The third-order valence-electron chi connectivity index (χ3n) is 3.67. The lowest BCUT2D eigenvalue weighted by Gasteiger charge is -2.08. The average molecular weight is 355 g/mol. The lowest BCUT2D eigenvalue weighted by molar-refractivity contribution is 0.103. The molecular weight excluding hydrogens is 329 g/mol. The quantitative estimate of drug-likeness (QED) is 0.370. The predicted molar refractivity (Wildman–Crippen MR) is 110 cm³/mol. The number of carbonyl (C=O) groups is 1. The van der Waals surface area contributed by atoms with Gasteiger partial charge in [0, 0.05) is 11.3 Å². The minimum Gasteiger partial charge on any atom is -0.508 e. The smallest absolute Gasteiger partial charge is 0.211 e. The van der Waals surface area contributed by atoms with Crippen LogP contribution in [0.1, 0.15) is 49.2 Å². The van der Waals surface area contributed by atoms with Crippen molar-refractivity contribution in [3.63, 3.8) is 0 Å². The molecule has 0 aromatic heterocycles. The molecule has 0 bridgehead atoms. The summed E-state index contributed by atoms with van der Waals surface area (Å²) < 4.78 is 0. The van der Waals surface area contributed by atoms with Gasteiger partial charge in [-0.15, -0.1) is 9.24 Å². The molecule has 0 fully saturated rings. The number of hydrogen-bond acceptors (Lipinski definition) is 3. The minimum atomic E-state index is -0.207. The SMILES string of the molecule is C/C=C(\N=C(C)c1ccccc1)C(=O)c1cc(O)c(C)c(P)c1.CC. The fraction of sp³-hybridized carbons (Fsp3) is 0.238. The van der Waals surface area contributed by atoms with Crippen molar-refractivity contribution in [2.24, 2.45) is 4.99 Å². The molecule has 1 unspecified atom stereocenters. The first kappa shape index (κ1) is 20.8. The molecule has 132 valence electrons. The Morgan fingerprint density at radius 1 is 1.12 bits per heavy atom. The van der Waals surface area contributed by atoms with Crippen molar-refractivity contribution in [2.75, 3.05) is 0 Å². The van der Waals surface area contributed by atoms with Crippen molar-refractivity contribution in [3.05, 3.63) is 70.9 Å². The lowest BCUT2D eigenvalue weighted by atomic mass is 10.0. The Morgan fingerprint density at radius 3 is 2.24 bits per heavy atom. The van der Waals surface area contributed by atoms with Crippen LogP contribution < -0.4 is 5.30 Å². The number of phenols is 1. The first-order valence-corrected chi connectivity index (χ1v) is 8.92. The molecule has 0 saturated carbocycles. The largest absolute Gasteiger partial charge is 0.508 e. The Labute approximate surface area is 152 Å². The number of aliphatic imine (C=N–C) groups is 1. The maximum absolute atomic E-state index is 12.7. The molecular formula is C21H26NO2P. The first-order valence-electron chi connectivity index (χ1n) is 8.35. The van der Waals surface area contributed by atoms with Crippen LogP contribution in [0.5, 0.6) is 5.75 Å². The van der Waals surface area contributed by atoms with Gasteiger partial charge in [0.1, 0.15) is 11.4 Å². The van der Waals surface area contributed by atoms with Crippen LogP contribution in [-0.4, -0.2) is 16.6 Å². The summed E-state index contributed by atoms with van der Waals surface area (Å²) in [4.78, 5) is 17.1. The molecule has 0 radical (unpaired) electrons. The number of benzene rings is 2. The Balaban J connectivity index is 0.00000151. The third kappa shape index (κ3) is 5.37. The van der Waals surface area contributed by atoms with Gasteiger partial charge in [-0.1, -0.05) is 50.3 Å². The second kappa shape index (κ2) is 9.90. The van der Waals surface area contributed by atoms with Gasteiger partial charge in [-0.3, -0.25) is 4.79 Å². The van der Waals surface area contributed by atoms with E-state index in [-0.39, 0.29) is 11.5 Å². The topological polar surface area (TPSA) is 49.7 Å². The Bertz CT molecular complexity index is 770. The lowest BCUT2D eigenvalue weighted by Crippen LogP contribution is -2.08. The van der Waals surface area contributed by atoms with Gasteiger partial charge in [0.15, 0.2) is 0 Å². The van der Waals surface area contributed by atoms with Crippen molar-refractivity contribution >= 4 is 26.0 Å². The number of allylic oxidation sites excluding steroid dienone is 2. The fourth-order valence-corrected chi connectivity index (χ4v) is 2.50. The van der Waals surface area contributed by atoms with Gasteiger partial charge in [0.2, 0.25) is 5.78 Å². The molecule has 0 heterocycles. The molecule has 0 saturated heterocycles. The third-order valence-corrected chi connectivity index (χ3v) is 4.27. The molecule has 1 atom stereocenters. The van der Waals surface area contributed by atoms with Gasteiger partial charge < -0.3 is 5.11 Å². The normalized spacial score (nSPS) is 11.6. The Hall–Kier alpha value is -2.25. The van der Waals surface area contributed by atoms with Gasteiger partial charge >= 0.3 is 0 Å². The number of nitrogens with zero attached hydrogens (tertiary/aromatic N) is 1. The first-order chi connectivity index (χ1) is 11.9. The number of Topliss-reactive ketones (excluding diaryl/α,β-unsaturated/α-hetero) is 1. The zero-order valence-electron chi connectivity index (χ0n) is 15.5. The number of ketones is 1. The summed E-state index contributed by atoms with van der Waals surface area (Å²) in [6, 6.07) is 13.0. The van der Waals surface area contributed by atoms with Gasteiger partial charge in [0.25, 0.3) is 0 Å². The van der Waals surface area contributed by atoms with E-state index in [0.717, 1.165) is 22.1 Å². The molecule has 3 nitrogen and oxygen atoms in total. The highest BCUT2D eigenvalue weighted by molar-refractivity contribution is 7.27. The van der Waals surface area contributed by atoms with E-state index in [1.54, 1.807) is 26.0 Å². The number of carbonyl (C=O) groups excluding carboxylic acids is 1. The molecule has 0 aliphatic carbocycles. The van der Waals surface area contributed by atoms with Crippen LogP contribution in [0.25, 0.3) is 0 Å². The second-order valence-electron chi connectivity index (χ2n) is 5.28. The monoisotopic (exact) mass is 355 g/mol. The van der Waals surface area contributed by atoms with Crippen LogP contribution in [0.4, 0.5) is 0 Å². The zero-order valence-corrected chi connectivity index (χ0v) is 16.7. The fourth-order valence-electron chi connectivity index (χ4n) is 2.17. The van der Waals surface area contributed by atoms with Gasteiger partial charge in [-0.05, 0) is 49.3 Å². The van der Waals surface area contributed by atoms with Crippen molar-refractivity contribution in [1.82, 2.24) is 0 Å². The predicted octanol–water partition coefficient (Wildman–Crippen LogP) is 4.82. The van der Waals surface area contributed by atoms with Crippen molar-refractivity contribution in [1.29, 1.82) is 0 Å². The second-order valence-corrected chi connectivity index (χ2v) is 5.90. The summed E-state index contributed by atoms with van der Waals surface area (Å²) in [6.07, 6.45) is 1.69. The average Bonchev–Trinajstić information content (AvgIpc) is 2.65. The number of rotatable bonds is 4. The van der Waals surface area contributed by atoms with Crippen LogP contribution in [0.3, 0.4) is 0 Å². The van der Waals surface area contributed by atoms with Crippen LogP contribution >= 0.6 is 9.24 Å². The van der Waals surface area contributed by atoms with Crippen LogP contribution in [-0.2, 0) is 0 Å². The maximum atomic E-state index is 12.7.